The van der Waals surface area contributed by atoms with Crippen molar-refractivity contribution in [2.24, 2.45) is 17.3 Å². The minimum atomic E-state index is -0.608. The molecule has 4 rings (SSSR count). The molecule has 4 aliphatic rings. The van der Waals surface area contributed by atoms with E-state index in [2.05, 4.69) is 19.9 Å². The first kappa shape index (κ1) is 15.0. The molecule has 0 heterocycles. The second-order valence-corrected chi connectivity index (χ2v) is 8.78. The highest BCUT2D eigenvalue weighted by Gasteiger charge is 2.55. The average molecular weight is 302 g/mol. The molecule has 0 spiro atoms. The standard InChI is InChI=1S/C20H30O2/c1-13-12-19(2)8-3-4-18(19)20(22)9-7-14-5-6-16(21)10-15(14)11-17(13)20/h11,14,16,18,21-22H,3-10,12H2,1-2H3/t14?,16?,18?,19?,20-/m1/s1. The van der Waals surface area contributed by atoms with E-state index in [1.807, 2.05) is 0 Å². The molecule has 0 amide bonds. The van der Waals surface area contributed by atoms with Crippen LogP contribution in [0.2, 0.25) is 0 Å². The lowest BCUT2D eigenvalue weighted by Gasteiger charge is -2.49. The fourth-order valence-corrected chi connectivity index (χ4v) is 6.28. The first-order valence-corrected chi connectivity index (χ1v) is 9.23. The minimum absolute atomic E-state index is 0.171. The maximum Gasteiger partial charge on any atom is 0.0929 e. The van der Waals surface area contributed by atoms with Crippen LogP contribution in [0.15, 0.2) is 22.8 Å². The van der Waals surface area contributed by atoms with Gasteiger partial charge in [-0.25, -0.2) is 0 Å². The molecule has 122 valence electrons. The molecule has 4 unspecified atom stereocenters. The van der Waals surface area contributed by atoms with Crippen LogP contribution in [-0.2, 0) is 0 Å². The van der Waals surface area contributed by atoms with Gasteiger partial charge in [0.1, 0.15) is 0 Å². The maximum absolute atomic E-state index is 11.7. The fraction of sp³-hybridized carbons (Fsp3) is 0.800. The second kappa shape index (κ2) is 4.95. The summed E-state index contributed by atoms with van der Waals surface area (Å²) in [6, 6.07) is 0. The van der Waals surface area contributed by atoms with Crippen LogP contribution in [0, 0.1) is 17.3 Å². The van der Waals surface area contributed by atoms with Gasteiger partial charge in [0, 0.05) is 0 Å². The summed E-state index contributed by atoms with van der Waals surface area (Å²) in [5, 5.41) is 21.8. The van der Waals surface area contributed by atoms with Crippen molar-refractivity contribution >= 4 is 0 Å². The number of rotatable bonds is 0. The summed E-state index contributed by atoms with van der Waals surface area (Å²) in [5.74, 6) is 1.02. The third-order valence-electron chi connectivity index (χ3n) is 7.30. The van der Waals surface area contributed by atoms with Gasteiger partial charge in [-0.05, 0) is 81.1 Å². The van der Waals surface area contributed by atoms with Gasteiger partial charge in [-0.2, -0.15) is 0 Å². The topological polar surface area (TPSA) is 40.5 Å². The highest BCUT2D eigenvalue weighted by molar-refractivity contribution is 5.43. The maximum atomic E-state index is 11.7. The Labute approximate surface area is 134 Å². The normalized spacial score (nSPS) is 48.2. The first-order chi connectivity index (χ1) is 10.4. The molecule has 5 atom stereocenters. The third kappa shape index (κ3) is 2.06. The zero-order valence-corrected chi connectivity index (χ0v) is 14.1. The van der Waals surface area contributed by atoms with Crippen LogP contribution < -0.4 is 0 Å². The first-order valence-electron chi connectivity index (χ1n) is 9.23. The van der Waals surface area contributed by atoms with E-state index in [1.54, 1.807) is 0 Å². The molecule has 2 fully saturated rings. The molecular weight excluding hydrogens is 272 g/mol. The van der Waals surface area contributed by atoms with Crippen molar-refractivity contribution in [3.8, 4) is 0 Å². The van der Waals surface area contributed by atoms with E-state index < -0.39 is 5.60 Å². The Kier molecular flexibility index (Phi) is 3.36. The average Bonchev–Trinajstić information content (AvgIpc) is 2.77. The lowest BCUT2D eigenvalue weighted by Crippen LogP contribution is -2.48. The van der Waals surface area contributed by atoms with Crippen LogP contribution in [-0.4, -0.2) is 21.9 Å². The molecule has 0 aromatic carbocycles. The van der Waals surface area contributed by atoms with Crippen molar-refractivity contribution in [2.45, 2.75) is 83.3 Å². The van der Waals surface area contributed by atoms with Crippen LogP contribution in [0.3, 0.4) is 0 Å². The van der Waals surface area contributed by atoms with Gasteiger partial charge >= 0.3 is 0 Å². The molecular formula is C20H30O2. The molecule has 2 saturated carbocycles. The largest absolute Gasteiger partial charge is 0.393 e. The molecule has 0 radical (unpaired) electrons. The summed E-state index contributed by atoms with van der Waals surface area (Å²) in [7, 11) is 0. The minimum Gasteiger partial charge on any atom is -0.393 e. The molecule has 0 saturated heterocycles. The predicted octanol–water partition coefficient (Wildman–Crippen LogP) is 4.13. The van der Waals surface area contributed by atoms with Gasteiger partial charge in [0.05, 0.1) is 11.7 Å². The number of allylic oxidation sites excluding steroid dienone is 1. The van der Waals surface area contributed by atoms with Gasteiger partial charge < -0.3 is 10.2 Å². The Hall–Kier alpha value is -0.600. The molecule has 0 bridgehead atoms. The fourth-order valence-electron chi connectivity index (χ4n) is 6.28. The van der Waals surface area contributed by atoms with Crippen LogP contribution in [0.5, 0.6) is 0 Å². The predicted molar refractivity (Wildman–Crippen MR) is 88.4 cm³/mol. The molecule has 2 nitrogen and oxygen atoms in total. The Morgan fingerprint density at radius 2 is 1.95 bits per heavy atom. The smallest absolute Gasteiger partial charge is 0.0929 e. The van der Waals surface area contributed by atoms with Crippen LogP contribution in [0.4, 0.5) is 0 Å². The molecule has 2 heteroatoms. The number of aliphatic hydroxyl groups excluding tert-OH is 1. The number of aliphatic hydroxyl groups is 2. The van der Waals surface area contributed by atoms with Gasteiger partial charge in [0.15, 0.2) is 0 Å². The van der Waals surface area contributed by atoms with Gasteiger partial charge in [-0.15, -0.1) is 0 Å². The quantitative estimate of drug-likeness (QED) is 0.706. The van der Waals surface area contributed by atoms with E-state index in [0.717, 1.165) is 38.5 Å². The van der Waals surface area contributed by atoms with Gasteiger partial charge in [-0.1, -0.05) is 30.6 Å². The highest BCUT2D eigenvalue weighted by Crippen LogP contribution is 2.60. The monoisotopic (exact) mass is 302 g/mol. The van der Waals surface area contributed by atoms with Gasteiger partial charge in [0.2, 0.25) is 0 Å². The van der Waals surface area contributed by atoms with Crippen molar-refractivity contribution in [3.05, 3.63) is 22.8 Å². The van der Waals surface area contributed by atoms with E-state index in [0.29, 0.717) is 17.3 Å². The van der Waals surface area contributed by atoms with Crippen molar-refractivity contribution in [1.82, 2.24) is 0 Å². The van der Waals surface area contributed by atoms with Crippen LogP contribution in [0.1, 0.15) is 71.6 Å². The van der Waals surface area contributed by atoms with Crippen molar-refractivity contribution in [1.29, 1.82) is 0 Å². The van der Waals surface area contributed by atoms with E-state index in [-0.39, 0.29) is 6.10 Å². The SMILES string of the molecule is CC1=C2C=C3CC(O)CCC3CC[C@]2(O)C2CCCC2(C)C1. The highest BCUT2D eigenvalue weighted by atomic mass is 16.3. The Bertz CT molecular complexity index is 546. The zero-order valence-electron chi connectivity index (χ0n) is 14.1. The van der Waals surface area contributed by atoms with E-state index in [9.17, 15) is 10.2 Å². The molecule has 2 N–H and O–H groups in total. The van der Waals surface area contributed by atoms with Crippen LogP contribution in [0.25, 0.3) is 0 Å². The number of hydrogen-bond donors (Lipinski definition) is 2. The number of hydrogen-bond acceptors (Lipinski definition) is 2. The zero-order chi connectivity index (χ0) is 15.5. The van der Waals surface area contributed by atoms with Gasteiger partial charge in [0.25, 0.3) is 0 Å². The van der Waals surface area contributed by atoms with E-state index in [1.165, 1.54) is 36.0 Å². The lowest BCUT2D eigenvalue weighted by atomic mass is 9.59. The summed E-state index contributed by atoms with van der Waals surface area (Å²) in [6.07, 6.45) is 11.9. The molecule has 0 aromatic rings. The van der Waals surface area contributed by atoms with E-state index in [4.69, 9.17) is 0 Å². The Balaban J connectivity index is 1.79. The van der Waals surface area contributed by atoms with Crippen LogP contribution >= 0.6 is 0 Å². The lowest BCUT2D eigenvalue weighted by molar-refractivity contribution is -0.0460. The summed E-state index contributed by atoms with van der Waals surface area (Å²) >= 11 is 0. The summed E-state index contributed by atoms with van der Waals surface area (Å²) in [6.45, 7) is 4.63. The van der Waals surface area contributed by atoms with Crippen molar-refractivity contribution < 1.29 is 10.2 Å². The van der Waals surface area contributed by atoms with Crippen molar-refractivity contribution in [3.63, 3.8) is 0 Å². The molecule has 0 aromatic heterocycles. The summed E-state index contributed by atoms with van der Waals surface area (Å²) < 4.78 is 0. The third-order valence-corrected chi connectivity index (χ3v) is 7.30. The summed E-state index contributed by atoms with van der Waals surface area (Å²) in [5.41, 5.74) is 3.73. The number of fused-ring (bicyclic) bond motifs is 4. The Morgan fingerprint density at radius 3 is 2.77 bits per heavy atom. The summed E-state index contributed by atoms with van der Waals surface area (Å²) in [4.78, 5) is 0. The van der Waals surface area contributed by atoms with Crippen molar-refractivity contribution in [2.75, 3.05) is 0 Å². The molecule has 22 heavy (non-hydrogen) atoms. The second-order valence-electron chi connectivity index (χ2n) is 8.78. The molecule has 4 aliphatic carbocycles. The molecule has 0 aliphatic heterocycles. The van der Waals surface area contributed by atoms with E-state index >= 15 is 0 Å². The Morgan fingerprint density at radius 1 is 1.14 bits per heavy atom. The van der Waals surface area contributed by atoms with Gasteiger partial charge in [-0.3, -0.25) is 0 Å².